The minimum absolute atomic E-state index is 0.935. The lowest BCUT2D eigenvalue weighted by Crippen LogP contribution is -2.30. The first-order chi connectivity index (χ1) is 9.73. The Bertz CT molecular complexity index is 363. The molecule has 0 amide bonds. The molecule has 1 aromatic rings. The smallest absolute Gasteiger partial charge is 0.126 e. The molecule has 0 aliphatic rings. The summed E-state index contributed by atoms with van der Waals surface area (Å²) in [5.41, 5.74) is 1.14. The van der Waals surface area contributed by atoms with E-state index >= 15 is 0 Å². The number of nitrogens with zero attached hydrogens (tertiary/aromatic N) is 3. The van der Waals surface area contributed by atoms with E-state index in [1.54, 1.807) is 0 Å². The number of aromatic nitrogens is 1. The summed E-state index contributed by atoms with van der Waals surface area (Å²) in [4.78, 5) is 9.53. The van der Waals surface area contributed by atoms with Crippen LogP contribution < -0.4 is 5.32 Å². The van der Waals surface area contributed by atoms with E-state index in [9.17, 15) is 0 Å². The summed E-state index contributed by atoms with van der Waals surface area (Å²) in [5.74, 6) is 0.946. The fourth-order valence-electron chi connectivity index (χ4n) is 2.34. The lowest BCUT2D eigenvalue weighted by Gasteiger charge is -2.23. The molecule has 1 N–H and O–H groups in total. The van der Waals surface area contributed by atoms with Crippen LogP contribution in [0.1, 0.15) is 32.9 Å². The van der Waals surface area contributed by atoms with Gasteiger partial charge in [0.25, 0.3) is 0 Å². The van der Waals surface area contributed by atoms with Crippen LogP contribution in [-0.2, 0) is 6.54 Å². The van der Waals surface area contributed by atoms with Crippen LogP contribution in [0.4, 0.5) is 5.82 Å². The van der Waals surface area contributed by atoms with Crippen LogP contribution in [0.2, 0.25) is 0 Å². The highest BCUT2D eigenvalue weighted by Gasteiger charge is 2.06. The van der Waals surface area contributed by atoms with Gasteiger partial charge in [-0.05, 0) is 51.3 Å². The molecule has 0 radical (unpaired) electrons. The molecule has 0 saturated carbocycles. The molecule has 0 bridgehead atoms. The van der Waals surface area contributed by atoms with Crippen LogP contribution in [0.5, 0.6) is 0 Å². The Labute approximate surface area is 124 Å². The second-order valence-corrected chi connectivity index (χ2v) is 5.01. The molecule has 1 heterocycles. The number of pyridine rings is 1. The van der Waals surface area contributed by atoms with E-state index in [0.717, 1.165) is 44.2 Å². The largest absolute Gasteiger partial charge is 0.373 e. The molecule has 1 rings (SSSR count). The summed E-state index contributed by atoms with van der Waals surface area (Å²) in [6, 6.07) is 6.17. The second-order valence-electron chi connectivity index (χ2n) is 5.01. The molecule has 4 heteroatoms. The Kier molecular flexibility index (Phi) is 8.23. The van der Waals surface area contributed by atoms with Gasteiger partial charge in [0.1, 0.15) is 5.82 Å². The molecule has 0 spiro atoms. The Morgan fingerprint density at radius 3 is 2.25 bits per heavy atom. The van der Waals surface area contributed by atoms with Gasteiger partial charge in [-0.3, -0.25) is 4.90 Å². The number of rotatable bonds is 10. The SMILES string of the molecule is CCN(CC)CCCN(CC)Cc1cccc(NC)n1. The second kappa shape index (κ2) is 9.72. The van der Waals surface area contributed by atoms with Gasteiger partial charge in [-0.2, -0.15) is 0 Å². The number of hydrogen-bond acceptors (Lipinski definition) is 4. The van der Waals surface area contributed by atoms with Gasteiger partial charge in [0.2, 0.25) is 0 Å². The zero-order chi connectivity index (χ0) is 14.8. The number of hydrogen-bond donors (Lipinski definition) is 1. The monoisotopic (exact) mass is 278 g/mol. The number of anilines is 1. The highest BCUT2D eigenvalue weighted by Crippen LogP contribution is 2.07. The summed E-state index contributed by atoms with van der Waals surface area (Å²) in [6.07, 6.45) is 1.22. The lowest BCUT2D eigenvalue weighted by atomic mass is 10.3. The maximum atomic E-state index is 4.59. The van der Waals surface area contributed by atoms with Crippen molar-refractivity contribution in [1.29, 1.82) is 0 Å². The van der Waals surface area contributed by atoms with E-state index in [0.29, 0.717) is 0 Å². The van der Waals surface area contributed by atoms with Crippen LogP contribution in [0.15, 0.2) is 18.2 Å². The Hall–Kier alpha value is -1.13. The van der Waals surface area contributed by atoms with E-state index in [4.69, 9.17) is 0 Å². The van der Waals surface area contributed by atoms with Gasteiger partial charge in [0.15, 0.2) is 0 Å². The summed E-state index contributed by atoms with van der Waals surface area (Å²) in [6.45, 7) is 13.3. The molecular weight excluding hydrogens is 248 g/mol. The minimum atomic E-state index is 0.935. The third kappa shape index (κ3) is 5.88. The molecule has 0 unspecified atom stereocenters. The average Bonchev–Trinajstić information content (AvgIpc) is 2.50. The van der Waals surface area contributed by atoms with Crippen molar-refractivity contribution in [3.8, 4) is 0 Å². The van der Waals surface area contributed by atoms with Gasteiger partial charge < -0.3 is 10.2 Å². The molecular formula is C16H30N4. The Morgan fingerprint density at radius 2 is 1.65 bits per heavy atom. The molecule has 0 aliphatic carbocycles. The Balaban J connectivity index is 2.42. The van der Waals surface area contributed by atoms with E-state index in [-0.39, 0.29) is 0 Å². The summed E-state index contributed by atoms with van der Waals surface area (Å²) >= 11 is 0. The van der Waals surface area contributed by atoms with E-state index < -0.39 is 0 Å². The van der Waals surface area contributed by atoms with Crippen LogP contribution in [-0.4, -0.2) is 54.6 Å². The van der Waals surface area contributed by atoms with Crippen molar-refractivity contribution in [2.75, 3.05) is 45.1 Å². The first-order valence-corrected chi connectivity index (χ1v) is 7.81. The van der Waals surface area contributed by atoms with Crippen molar-refractivity contribution in [3.05, 3.63) is 23.9 Å². The third-order valence-electron chi connectivity index (χ3n) is 3.74. The summed E-state index contributed by atoms with van der Waals surface area (Å²) in [5, 5.41) is 3.10. The molecule has 1 aromatic heterocycles. The van der Waals surface area contributed by atoms with Crippen molar-refractivity contribution in [2.45, 2.75) is 33.7 Å². The predicted molar refractivity (Wildman–Crippen MR) is 87.1 cm³/mol. The first kappa shape index (κ1) is 16.9. The molecule has 0 aliphatic heterocycles. The summed E-state index contributed by atoms with van der Waals surface area (Å²) < 4.78 is 0. The number of nitrogens with one attached hydrogen (secondary N) is 1. The van der Waals surface area contributed by atoms with Gasteiger partial charge in [-0.15, -0.1) is 0 Å². The zero-order valence-corrected chi connectivity index (χ0v) is 13.5. The van der Waals surface area contributed by atoms with Gasteiger partial charge in [-0.1, -0.05) is 26.8 Å². The van der Waals surface area contributed by atoms with Crippen molar-refractivity contribution in [3.63, 3.8) is 0 Å². The standard InChI is InChI=1S/C16H30N4/c1-5-19(6-2)12-9-13-20(7-3)14-15-10-8-11-16(17-4)18-15/h8,10-11H,5-7,9,12-14H2,1-4H3,(H,17,18). The highest BCUT2D eigenvalue weighted by atomic mass is 15.1. The maximum absolute atomic E-state index is 4.59. The zero-order valence-electron chi connectivity index (χ0n) is 13.5. The molecule has 0 saturated heterocycles. The van der Waals surface area contributed by atoms with Crippen LogP contribution >= 0.6 is 0 Å². The normalized spacial score (nSPS) is 11.3. The van der Waals surface area contributed by atoms with Crippen molar-refractivity contribution >= 4 is 5.82 Å². The fraction of sp³-hybridized carbons (Fsp3) is 0.688. The van der Waals surface area contributed by atoms with Crippen molar-refractivity contribution < 1.29 is 0 Å². The van der Waals surface area contributed by atoms with E-state index in [2.05, 4.69) is 53.0 Å². The van der Waals surface area contributed by atoms with E-state index in [1.165, 1.54) is 13.0 Å². The first-order valence-electron chi connectivity index (χ1n) is 7.81. The molecule has 20 heavy (non-hydrogen) atoms. The molecule has 4 nitrogen and oxygen atoms in total. The van der Waals surface area contributed by atoms with Crippen molar-refractivity contribution in [1.82, 2.24) is 14.8 Å². The Morgan fingerprint density at radius 1 is 1.00 bits per heavy atom. The molecule has 114 valence electrons. The maximum Gasteiger partial charge on any atom is 0.126 e. The van der Waals surface area contributed by atoms with Crippen LogP contribution in [0.3, 0.4) is 0 Å². The third-order valence-corrected chi connectivity index (χ3v) is 3.74. The van der Waals surface area contributed by atoms with Gasteiger partial charge in [0.05, 0.1) is 5.69 Å². The van der Waals surface area contributed by atoms with Crippen LogP contribution in [0.25, 0.3) is 0 Å². The highest BCUT2D eigenvalue weighted by molar-refractivity contribution is 5.34. The predicted octanol–water partition coefficient (Wildman–Crippen LogP) is 2.68. The summed E-state index contributed by atoms with van der Waals surface area (Å²) in [7, 11) is 1.91. The quantitative estimate of drug-likeness (QED) is 0.713. The van der Waals surface area contributed by atoms with Gasteiger partial charge in [0, 0.05) is 13.6 Å². The topological polar surface area (TPSA) is 31.4 Å². The minimum Gasteiger partial charge on any atom is -0.373 e. The lowest BCUT2D eigenvalue weighted by molar-refractivity contribution is 0.237. The van der Waals surface area contributed by atoms with Gasteiger partial charge in [-0.25, -0.2) is 4.98 Å². The van der Waals surface area contributed by atoms with Gasteiger partial charge >= 0.3 is 0 Å². The van der Waals surface area contributed by atoms with Crippen LogP contribution in [0, 0.1) is 0 Å². The van der Waals surface area contributed by atoms with Crippen molar-refractivity contribution in [2.24, 2.45) is 0 Å². The average molecular weight is 278 g/mol. The molecule has 0 fully saturated rings. The molecule has 0 atom stereocenters. The fourth-order valence-corrected chi connectivity index (χ4v) is 2.34. The molecule has 0 aromatic carbocycles. The van der Waals surface area contributed by atoms with E-state index in [1.807, 2.05) is 13.1 Å².